The SMILES string of the molecule is CCCCCNC(=O)N1CCCc2ccccc21. The van der Waals surface area contributed by atoms with Crippen molar-refractivity contribution >= 4 is 11.7 Å². The van der Waals surface area contributed by atoms with Gasteiger partial charge in [0.25, 0.3) is 0 Å². The third-order valence-corrected chi connectivity index (χ3v) is 3.41. The summed E-state index contributed by atoms with van der Waals surface area (Å²) in [6.45, 7) is 3.78. The smallest absolute Gasteiger partial charge is 0.321 e. The molecule has 0 fully saturated rings. The third-order valence-electron chi connectivity index (χ3n) is 3.41. The van der Waals surface area contributed by atoms with E-state index in [4.69, 9.17) is 0 Å². The lowest BCUT2D eigenvalue weighted by Crippen LogP contribution is -2.43. The maximum atomic E-state index is 12.1. The van der Waals surface area contributed by atoms with Gasteiger partial charge in [-0.05, 0) is 30.9 Å². The first kappa shape index (κ1) is 12.9. The number of carbonyl (C=O) groups excluding carboxylic acids is 1. The van der Waals surface area contributed by atoms with Crippen LogP contribution < -0.4 is 10.2 Å². The van der Waals surface area contributed by atoms with Crippen LogP contribution in [0, 0.1) is 0 Å². The molecule has 2 amide bonds. The molecule has 0 spiro atoms. The summed E-state index contributed by atoms with van der Waals surface area (Å²) in [5.74, 6) is 0. The number of nitrogens with one attached hydrogen (secondary N) is 1. The summed E-state index contributed by atoms with van der Waals surface area (Å²) < 4.78 is 0. The van der Waals surface area contributed by atoms with Gasteiger partial charge in [0, 0.05) is 18.8 Å². The van der Waals surface area contributed by atoms with Crippen LogP contribution in [0.5, 0.6) is 0 Å². The van der Waals surface area contributed by atoms with E-state index in [0.29, 0.717) is 0 Å². The molecule has 0 atom stereocenters. The monoisotopic (exact) mass is 246 g/mol. The topological polar surface area (TPSA) is 32.3 Å². The highest BCUT2D eigenvalue weighted by molar-refractivity contribution is 5.93. The molecule has 18 heavy (non-hydrogen) atoms. The predicted octanol–water partition coefficient (Wildman–Crippen LogP) is 3.34. The minimum atomic E-state index is 0.0539. The van der Waals surface area contributed by atoms with Gasteiger partial charge in [0.1, 0.15) is 0 Å². The number of urea groups is 1. The standard InChI is InChI=1S/C15H22N2O/c1-2-3-6-11-16-15(18)17-12-7-9-13-8-4-5-10-14(13)17/h4-5,8,10H,2-3,6-7,9,11-12H2,1H3,(H,16,18). The number of aryl methyl sites for hydroxylation is 1. The summed E-state index contributed by atoms with van der Waals surface area (Å²) in [4.78, 5) is 14.0. The second kappa shape index (κ2) is 6.43. The van der Waals surface area contributed by atoms with Gasteiger partial charge in [-0.25, -0.2) is 4.79 Å². The van der Waals surface area contributed by atoms with Crippen molar-refractivity contribution in [2.75, 3.05) is 18.0 Å². The van der Waals surface area contributed by atoms with Gasteiger partial charge < -0.3 is 5.32 Å². The molecule has 3 heteroatoms. The molecule has 3 nitrogen and oxygen atoms in total. The van der Waals surface area contributed by atoms with Gasteiger partial charge >= 0.3 is 6.03 Å². The summed E-state index contributed by atoms with van der Waals surface area (Å²) in [6, 6.07) is 8.26. The molecule has 1 aliphatic heterocycles. The second-order valence-electron chi connectivity index (χ2n) is 4.82. The van der Waals surface area contributed by atoms with E-state index in [0.717, 1.165) is 38.0 Å². The Kier molecular flexibility index (Phi) is 4.62. The molecule has 0 aliphatic carbocycles. The number of nitrogens with zero attached hydrogens (tertiary/aromatic N) is 1. The van der Waals surface area contributed by atoms with Crippen molar-refractivity contribution in [2.24, 2.45) is 0 Å². The van der Waals surface area contributed by atoms with Crippen molar-refractivity contribution in [3.05, 3.63) is 29.8 Å². The number of fused-ring (bicyclic) bond motifs is 1. The molecule has 1 heterocycles. The van der Waals surface area contributed by atoms with Crippen molar-refractivity contribution < 1.29 is 4.79 Å². The number of amides is 2. The highest BCUT2D eigenvalue weighted by Gasteiger charge is 2.21. The number of rotatable bonds is 4. The third kappa shape index (κ3) is 3.03. The molecule has 1 aliphatic rings. The Balaban J connectivity index is 1.95. The lowest BCUT2D eigenvalue weighted by atomic mass is 10.0. The minimum Gasteiger partial charge on any atom is -0.338 e. The van der Waals surface area contributed by atoms with Gasteiger partial charge in [-0.2, -0.15) is 0 Å². The summed E-state index contributed by atoms with van der Waals surface area (Å²) in [6.07, 6.45) is 5.56. The Morgan fingerprint density at radius 2 is 2.17 bits per heavy atom. The van der Waals surface area contributed by atoms with Crippen molar-refractivity contribution in [3.8, 4) is 0 Å². The number of hydrogen-bond acceptors (Lipinski definition) is 1. The first-order chi connectivity index (χ1) is 8.83. The molecule has 1 N–H and O–H groups in total. The Hall–Kier alpha value is -1.51. The van der Waals surface area contributed by atoms with Gasteiger partial charge in [0.15, 0.2) is 0 Å². The van der Waals surface area contributed by atoms with E-state index >= 15 is 0 Å². The molecular weight excluding hydrogens is 224 g/mol. The van der Waals surface area contributed by atoms with Crippen LogP contribution in [0.1, 0.15) is 38.2 Å². The van der Waals surface area contributed by atoms with E-state index in [1.165, 1.54) is 18.4 Å². The quantitative estimate of drug-likeness (QED) is 0.812. The fraction of sp³-hybridized carbons (Fsp3) is 0.533. The first-order valence-corrected chi connectivity index (χ1v) is 6.96. The minimum absolute atomic E-state index is 0.0539. The van der Waals surface area contributed by atoms with Crippen LogP contribution in [0.15, 0.2) is 24.3 Å². The molecular formula is C15H22N2O. The van der Waals surface area contributed by atoms with Crippen molar-refractivity contribution in [2.45, 2.75) is 39.0 Å². The van der Waals surface area contributed by atoms with E-state index in [1.54, 1.807) is 0 Å². The molecule has 0 saturated heterocycles. The van der Waals surface area contributed by atoms with Gasteiger partial charge in [0.2, 0.25) is 0 Å². The number of carbonyl (C=O) groups is 1. The van der Waals surface area contributed by atoms with Gasteiger partial charge in [0.05, 0.1) is 0 Å². The van der Waals surface area contributed by atoms with Crippen LogP contribution in [0.2, 0.25) is 0 Å². The number of para-hydroxylation sites is 1. The zero-order valence-corrected chi connectivity index (χ0v) is 11.1. The van der Waals surface area contributed by atoms with Crippen LogP contribution >= 0.6 is 0 Å². The van der Waals surface area contributed by atoms with E-state index in [2.05, 4.69) is 18.3 Å². The van der Waals surface area contributed by atoms with E-state index in [9.17, 15) is 4.79 Å². The molecule has 98 valence electrons. The number of benzene rings is 1. The molecule has 0 radical (unpaired) electrons. The summed E-state index contributed by atoms with van der Waals surface area (Å²) >= 11 is 0. The van der Waals surface area contributed by atoms with Crippen LogP contribution in [0.3, 0.4) is 0 Å². The van der Waals surface area contributed by atoms with Gasteiger partial charge in [-0.1, -0.05) is 38.0 Å². The maximum Gasteiger partial charge on any atom is 0.321 e. The zero-order chi connectivity index (χ0) is 12.8. The number of anilines is 1. The number of unbranched alkanes of at least 4 members (excludes halogenated alkanes) is 2. The Bertz CT molecular complexity index is 403. The van der Waals surface area contributed by atoms with Crippen molar-refractivity contribution in [1.82, 2.24) is 5.32 Å². The molecule has 0 aromatic heterocycles. The van der Waals surface area contributed by atoms with Crippen LogP contribution in [-0.2, 0) is 6.42 Å². The summed E-state index contributed by atoms with van der Waals surface area (Å²) in [5.41, 5.74) is 2.36. The van der Waals surface area contributed by atoms with Crippen LogP contribution in [0.4, 0.5) is 10.5 Å². The van der Waals surface area contributed by atoms with Crippen LogP contribution in [0.25, 0.3) is 0 Å². The Morgan fingerprint density at radius 1 is 1.33 bits per heavy atom. The lowest BCUT2D eigenvalue weighted by Gasteiger charge is -2.29. The molecule has 0 saturated carbocycles. The molecule has 1 aromatic carbocycles. The van der Waals surface area contributed by atoms with Crippen molar-refractivity contribution in [1.29, 1.82) is 0 Å². The molecule has 0 unspecified atom stereocenters. The first-order valence-electron chi connectivity index (χ1n) is 6.96. The molecule has 0 bridgehead atoms. The molecule has 2 rings (SSSR count). The average Bonchev–Trinajstić information content (AvgIpc) is 2.43. The van der Waals surface area contributed by atoms with Crippen molar-refractivity contribution in [3.63, 3.8) is 0 Å². The summed E-state index contributed by atoms with van der Waals surface area (Å²) in [7, 11) is 0. The zero-order valence-electron chi connectivity index (χ0n) is 11.1. The van der Waals surface area contributed by atoms with Gasteiger partial charge in [-0.3, -0.25) is 4.90 Å². The van der Waals surface area contributed by atoms with E-state index in [-0.39, 0.29) is 6.03 Å². The average molecular weight is 246 g/mol. The highest BCUT2D eigenvalue weighted by Crippen LogP contribution is 2.26. The summed E-state index contributed by atoms with van der Waals surface area (Å²) in [5, 5.41) is 3.02. The second-order valence-corrected chi connectivity index (χ2v) is 4.82. The fourth-order valence-electron chi connectivity index (χ4n) is 2.41. The largest absolute Gasteiger partial charge is 0.338 e. The fourth-order valence-corrected chi connectivity index (χ4v) is 2.41. The van der Waals surface area contributed by atoms with E-state index < -0.39 is 0 Å². The lowest BCUT2D eigenvalue weighted by molar-refractivity contribution is 0.245. The van der Waals surface area contributed by atoms with Gasteiger partial charge in [-0.15, -0.1) is 0 Å². The van der Waals surface area contributed by atoms with E-state index in [1.807, 2.05) is 23.1 Å². The Morgan fingerprint density at radius 3 is 3.00 bits per heavy atom. The normalized spacial score (nSPS) is 14.2. The highest BCUT2D eigenvalue weighted by atomic mass is 16.2. The predicted molar refractivity (Wildman–Crippen MR) is 75.0 cm³/mol. The molecule has 1 aromatic rings. The maximum absolute atomic E-state index is 12.1. The Labute approximate surface area is 109 Å². The number of hydrogen-bond donors (Lipinski definition) is 1. The van der Waals surface area contributed by atoms with Crippen LogP contribution in [-0.4, -0.2) is 19.1 Å².